The Morgan fingerprint density at radius 3 is 2.61 bits per heavy atom. The van der Waals surface area contributed by atoms with Gasteiger partial charge in [0.05, 0.1) is 18.8 Å². The molecular formula is C10H14F3N3OS. The largest absolute Gasteiger partial charge is 0.401 e. The predicted molar refractivity (Wildman–Crippen MR) is 63.8 cm³/mol. The molecule has 1 amide bonds. The normalized spacial score (nSPS) is 11.6. The molecule has 1 aromatic heterocycles. The van der Waals surface area contributed by atoms with Gasteiger partial charge in [-0.25, -0.2) is 4.98 Å². The zero-order valence-electron chi connectivity index (χ0n) is 10.0. The van der Waals surface area contributed by atoms with Gasteiger partial charge in [0.25, 0.3) is 0 Å². The summed E-state index contributed by atoms with van der Waals surface area (Å²) in [6.07, 6.45) is -3.56. The van der Waals surface area contributed by atoms with E-state index in [-0.39, 0.29) is 6.54 Å². The first-order chi connectivity index (χ1) is 8.31. The summed E-state index contributed by atoms with van der Waals surface area (Å²) in [5.41, 5.74) is 0.888. The fourth-order valence-electron chi connectivity index (χ4n) is 1.29. The Bertz CT molecular complexity index is 417. The van der Waals surface area contributed by atoms with Gasteiger partial charge in [0.1, 0.15) is 0 Å². The third kappa shape index (κ3) is 5.01. The van der Waals surface area contributed by atoms with Gasteiger partial charge in [0.2, 0.25) is 5.91 Å². The number of aromatic nitrogens is 1. The van der Waals surface area contributed by atoms with Crippen LogP contribution >= 0.6 is 11.3 Å². The molecule has 0 aliphatic heterocycles. The number of amides is 1. The summed E-state index contributed by atoms with van der Waals surface area (Å²) in [6.45, 7) is 2.25. The van der Waals surface area contributed by atoms with Crippen LogP contribution in [0, 0.1) is 6.92 Å². The number of alkyl halides is 3. The number of carbonyl (C=O) groups is 1. The van der Waals surface area contributed by atoms with E-state index in [2.05, 4.69) is 10.3 Å². The number of thiazole rings is 1. The van der Waals surface area contributed by atoms with E-state index in [0.29, 0.717) is 5.13 Å². The lowest BCUT2D eigenvalue weighted by atomic mass is 10.3. The molecule has 102 valence electrons. The smallest absolute Gasteiger partial charge is 0.301 e. The van der Waals surface area contributed by atoms with Gasteiger partial charge in [-0.2, -0.15) is 13.2 Å². The number of halogens is 3. The lowest BCUT2D eigenvalue weighted by Gasteiger charge is -2.07. The molecule has 2 N–H and O–H groups in total. The molecule has 0 radical (unpaired) electrons. The second-order valence-corrected chi connectivity index (χ2v) is 4.85. The third-order valence-corrected chi connectivity index (χ3v) is 3.01. The number of aryl methyl sites for hydroxylation is 2. The number of carbonyl (C=O) groups excluding carboxylic acids is 1. The maximum atomic E-state index is 11.8. The minimum absolute atomic E-state index is 0.389. The SMILES string of the molecule is CCc1nc(NC(=O)CNCC(F)(F)F)sc1C. The van der Waals surface area contributed by atoms with E-state index in [9.17, 15) is 18.0 Å². The summed E-state index contributed by atoms with van der Waals surface area (Å²) in [7, 11) is 0. The molecule has 1 rings (SSSR count). The molecule has 0 saturated heterocycles. The van der Waals surface area contributed by atoms with E-state index in [1.807, 2.05) is 19.2 Å². The van der Waals surface area contributed by atoms with Crippen molar-refractivity contribution in [3.63, 3.8) is 0 Å². The summed E-state index contributed by atoms with van der Waals surface area (Å²) in [5.74, 6) is -0.532. The lowest BCUT2D eigenvalue weighted by molar-refractivity contribution is -0.126. The summed E-state index contributed by atoms with van der Waals surface area (Å²) < 4.78 is 35.5. The summed E-state index contributed by atoms with van der Waals surface area (Å²) in [5, 5.41) is 4.90. The molecule has 0 bridgehead atoms. The zero-order valence-corrected chi connectivity index (χ0v) is 10.8. The van der Waals surface area contributed by atoms with Crippen LogP contribution in [0.4, 0.5) is 18.3 Å². The fourth-order valence-corrected chi connectivity index (χ4v) is 2.21. The molecule has 0 saturated carbocycles. The third-order valence-electron chi connectivity index (χ3n) is 2.08. The topological polar surface area (TPSA) is 54.0 Å². The Kier molecular flexibility index (Phi) is 5.09. The maximum absolute atomic E-state index is 11.8. The molecule has 0 atom stereocenters. The number of anilines is 1. The van der Waals surface area contributed by atoms with Crippen molar-refractivity contribution in [2.24, 2.45) is 0 Å². The summed E-state index contributed by atoms with van der Waals surface area (Å²) in [6, 6.07) is 0. The molecule has 0 unspecified atom stereocenters. The van der Waals surface area contributed by atoms with E-state index in [0.717, 1.165) is 17.0 Å². The molecule has 0 aliphatic carbocycles. The van der Waals surface area contributed by atoms with E-state index in [4.69, 9.17) is 0 Å². The molecule has 0 aromatic carbocycles. The molecule has 4 nitrogen and oxygen atoms in total. The Hall–Kier alpha value is -1.15. The van der Waals surface area contributed by atoms with Crippen LogP contribution in [0.1, 0.15) is 17.5 Å². The second kappa shape index (κ2) is 6.14. The minimum atomic E-state index is -4.31. The molecule has 8 heteroatoms. The van der Waals surface area contributed by atoms with Crippen LogP contribution in [0.25, 0.3) is 0 Å². The first-order valence-electron chi connectivity index (χ1n) is 5.35. The summed E-state index contributed by atoms with van der Waals surface area (Å²) >= 11 is 1.31. The highest BCUT2D eigenvalue weighted by molar-refractivity contribution is 7.15. The van der Waals surface area contributed by atoms with Crippen molar-refractivity contribution in [2.45, 2.75) is 26.4 Å². The van der Waals surface area contributed by atoms with Crippen molar-refractivity contribution in [1.29, 1.82) is 0 Å². The van der Waals surface area contributed by atoms with Gasteiger partial charge in [0.15, 0.2) is 5.13 Å². The summed E-state index contributed by atoms with van der Waals surface area (Å²) in [4.78, 5) is 16.5. The Labute approximate surface area is 107 Å². The quantitative estimate of drug-likeness (QED) is 0.869. The lowest BCUT2D eigenvalue weighted by Crippen LogP contribution is -2.35. The van der Waals surface area contributed by atoms with Gasteiger partial charge in [-0.15, -0.1) is 11.3 Å². The van der Waals surface area contributed by atoms with Gasteiger partial charge in [0, 0.05) is 4.88 Å². The van der Waals surface area contributed by atoms with E-state index < -0.39 is 18.6 Å². The van der Waals surface area contributed by atoms with Gasteiger partial charge in [-0.1, -0.05) is 6.92 Å². The van der Waals surface area contributed by atoms with Gasteiger partial charge < -0.3 is 10.6 Å². The van der Waals surface area contributed by atoms with E-state index in [1.165, 1.54) is 11.3 Å². The van der Waals surface area contributed by atoms with Crippen LogP contribution < -0.4 is 10.6 Å². The molecule has 1 heterocycles. The number of nitrogens with one attached hydrogen (secondary N) is 2. The number of hydrogen-bond donors (Lipinski definition) is 2. The van der Waals surface area contributed by atoms with Crippen molar-refractivity contribution in [1.82, 2.24) is 10.3 Å². The van der Waals surface area contributed by atoms with Gasteiger partial charge >= 0.3 is 6.18 Å². The average molecular weight is 281 g/mol. The average Bonchev–Trinajstić information content (AvgIpc) is 2.56. The highest BCUT2D eigenvalue weighted by atomic mass is 32.1. The first kappa shape index (κ1) is 14.9. The maximum Gasteiger partial charge on any atom is 0.401 e. The van der Waals surface area contributed by atoms with Crippen LogP contribution in [-0.4, -0.2) is 30.2 Å². The van der Waals surface area contributed by atoms with Gasteiger partial charge in [-0.05, 0) is 13.3 Å². The molecule has 0 aliphatic rings. The van der Waals surface area contributed by atoms with Crippen molar-refractivity contribution in [2.75, 3.05) is 18.4 Å². The van der Waals surface area contributed by atoms with Crippen LogP contribution in [0.5, 0.6) is 0 Å². The van der Waals surface area contributed by atoms with Crippen molar-refractivity contribution in [3.05, 3.63) is 10.6 Å². The van der Waals surface area contributed by atoms with Crippen molar-refractivity contribution < 1.29 is 18.0 Å². The van der Waals surface area contributed by atoms with Crippen LogP contribution in [0.2, 0.25) is 0 Å². The monoisotopic (exact) mass is 281 g/mol. The molecule has 18 heavy (non-hydrogen) atoms. The highest BCUT2D eigenvalue weighted by Gasteiger charge is 2.26. The number of nitrogens with zero attached hydrogens (tertiary/aromatic N) is 1. The van der Waals surface area contributed by atoms with E-state index >= 15 is 0 Å². The minimum Gasteiger partial charge on any atom is -0.301 e. The molecule has 1 aromatic rings. The van der Waals surface area contributed by atoms with Crippen LogP contribution in [0.3, 0.4) is 0 Å². The fraction of sp³-hybridized carbons (Fsp3) is 0.600. The van der Waals surface area contributed by atoms with Crippen LogP contribution in [-0.2, 0) is 11.2 Å². The molecule has 0 spiro atoms. The molecule has 0 fully saturated rings. The van der Waals surface area contributed by atoms with Crippen molar-refractivity contribution in [3.8, 4) is 0 Å². The zero-order chi connectivity index (χ0) is 13.8. The number of hydrogen-bond acceptors (Lipinski definition) is 4. The highest BCUT2D eigenvalue weighted by Crippen LogP contribution is 2.22. The Balaban J connectivity index is 2.40. The van der Waals surface area contributed by atoms with Crippen LogP contribution in [0.15, 0.2) is 0 Å². The van der Waals surface area contributed by atoms with E-state index in [1.54, 1.807) is 0 Å². The molecular weight excluding hydrogens is 267 g/mol. The Morgan fingerprint density at radius 1 is 1.44 bits per heavy atom. The number of rotatable bonds is 5. The standard InChI is InChI=1S/C10H14F3N3OS/c1-3-7-6(2)18-9(15-7)16-8(17)4-14-5-10(11,12)13/h14H,3-5H2,1-2H3,(H,15,16,17). The first-order valence-corrected chi connectivity index (χ1v) is 6.17. The van der Waals surface area contributed by atoms with Crippen molar-refractivity contribution >= 4 is 22.4 Å². The Morgan fingerprint density at radius 2 is 2.11 bits per heavy atom. The predicted octanol–water partition coefficient (Wildman–Crippen LogP) is 2.10. The van der Waals surface area contributed by atoms with Gasteiger partial charge in [-0.3, -0.25) is 4.79 Å². The second-order valence-electron chi connectivity index (χ2n) is 3.64.